The van der Waals surface area contributed by atoms with Crippen LogP contribution in [0, 0.1) is 0 Å². The van der Waals surface area contributed by atoms with E-state index < -0.39 is 11.8 Å². The first-order valence-electron chi connectivity index (χ1n) is 7.81. The molecule has 0 fully saturated rings. The molecule has 0 aliphatic carbocycles. The topological polar surface area (TPSA) is 67.4 Å². The molecule has 2 amide bonds. The quantitative estimate of drug-likeness (QED) is 0.657. The van der Waals surface area contributed by atoms with Gasteiger partial charge in [-0.15, -0.1) is 0 Å². The molecule has 0 radical (unpaired) electrons. The van der Waals surface area contributed by atoms with Crippen molar-refractivity contribution < 1.29 is 14.3 Å². The van der Waals surface area contributed by atoms with Gasteiger partial charge >= 0.3 is 11.8 Å². The molecular formula is C20H15ClN2O3. The largest absolute Gasteiger partial charge is 0.455 e. The molecule has 0 aliphatic rings. The van der Waals surface area contributed by atoms with Crippen LogP contribution in [0.2, 0.25) is 5.02 Å². The van der Waals surface area contributed by atoms with E-state index in [0.717, 1.165) is 0 Å². The van der Waals surface area contributed by atoms with Crippen LogP contribution in [0.1, 0.15) is 0 Å². The smallest absolute Gasteiger partial charge is 0.314 e. The van der Waals surface area contributed by atoms with Gasteiger partial charge in [0.05, 0.1) is 5.69 Å². The van der Waals surface area contributed by atoms with Crippen LogP contribution in [0.25, 0.3) is 0 Å². The van der Waals surface area contributed by atoms with Gasteiger partial charge in [-0.2, -0.15) is 0 Å². The van der Waals surface area contributed by atoms with Gasteiger partial charge in [-0.25, -0.2) is 0 Å². The van der Waals surface area contributed by atoms with Crippen molar-refractivity contribution in [1.29, 1.82) is 0 Å². The van der Waals surface area contributed by atoms with Crippen LogP contribution in [0.3, 0.4) is 0 Å². The molecule has 0 saturated carbocycles. The minimum absolute atomic E-state index is 0.391. The average Bonchev–Trinajstić information content (AvgIpc) is 2.64. The van der Waals surface area contributed by atoms with Crippen molar-refractivity contribution in [3.63, 3.8) is 0 Å². The molecule has 0 aromatic heterocycles. The number of para-hydroxylation sites is 3. The maximum atomic E-state index is 12.2. The Balaban J connectivity index is 1.70. The first-order chi connectivity index (χ1) is 12.6. The zero-order valence-electron chi connectivity index (χ0n) is 13.6. The molecule has 0 aliphatic heterocycles. The third kappa shape index (κ3) is 4.62. The van der Waals surface area contributed by atoms with Crippen LogP contribution in [0.4, 0.5) is 11.4 Å². The molecule has 3 rings (SSSR count). The molecule has 26 heavy (non-hydrogen) atoms. The number of benzene rings is 3. The van der Waals surface area contributed by atoms with Gasteiger partial charge in [0.15, 0.2) is 5.75 Å². The second-order valence-electron chi connectivity index (χ2n) is 5.33. The van der Waals surface area contributed by atoms with E-state index in [1.165, 1.54) is 0 Å². The van der Waals surface area contributed by atoms with Crippen LogP contribution in [-0.4, -0.2) is 11.8 Å². The highest BCUT2D eigenvalue weighted by atomic mass is 35.5. The van der Waals surface area contributed by atoms with Gasteiger partial charge in [-0.1, -0.05) is 48.0 Å². The summed E-state index contributed by atoms with van der Waals surface area (Å²) in [6.07, 6.45) is 0. The first kappa shape index (κ1) is 17.5. The van der Waals surface area contributed by atoms with Crippen LogP contribution >= 0.6 is 11.6 Å². The third-order valence-electron chi connectivity index (χ3n) is 3.39. The predicted molar refractivity (Wildman–Crippen MR) is 102 cm³/mol. The highest BCUT2D eigenvalue weighted by Crippen LogP contribution is 2.29. The van der Waals surface area contributed by atoms with Gasteiger partial charge in [-0.3, -0.25) is 9.59 Å². The number of hydrogen-bond acceptors (Lipinski definition) is 3. The molecule has 130 valence electrons. The van der Waals surface area contributed by atoms with Crippen LogP contribution < -0.4 is 15.4 Å². The number of nitrogens with one attached hydrogen (secondary N) is 2. The van der Waals surface area contributed by atoms with E-state index in [4.69, 9.17) is 16.3 Å². The summed E-state index contributed by atoms with van der Waals surface area (Å²) in [6, 6.07) is 22.6. The molecule has 0 bridgehead atoms. The second-order valence-corrected chi connectivity index (χ2v) is 5.77. The van der Waals surface area contributed by atoms with E-state index >= 15 is 0 Å². The fraction of sp³-hybridized carbons (Fsp3) is 0. The van der Waals surface area contributed by atoms with Gasteiger partial charge < -0.3 is 15.4 Å². The molecule has 3 aromatic rings. The van der Waals surface area contributed by atoms with E-state index in [0.29, 0.717) is 27.9 Å². The Morgan fingerprint density at radius 2 is 1.46 bits per heavy atom. The number of halogens is 1. The maximum absolute atomic E-state index is 12.2. The fourth-order valence-electron chi connectivity index (χ4n) is 2.21. The summed E-state index contributed by atoms with van der Waals surface area (Å²) in [5.74, 6) is -0.559. The van der Waals surface area contributed by atoms with Crippen molar-refractivity contribution in [1.82, 2.24) is 0 Å². The van der Waals surface area contributed by atoms with E-state index in [1.54, 1.807) is 60.7 Å². The van der Waals surface area contributed by atoms with Crippen molar-refractivity contribution in [3.8, 4) is 11.5 Å². The summed E-state index contributed by atoms with van der Waals surface area (Å²) in [6.45, 7) is 0. The molecule has 2 N–H and O–H groups in total. The molecule has 0 heterocycles. The van der Waals surface area contributed by atoms with Gasteiger partial charge in [0.2, 0.25) is 0 Å². The van der Waals surface area contributed by atoms with Crippen LogP contribution in [-0.2, 0) is 9.59 Å². The molecule has 3 aromatic carbocycles. The lowest BCUT2D eigenvalue weighted by molar-refractivity contribution is -0.133. The molecular weight excluding hydrogens is 352 g/mol. The lowest BCUT2D eigenvalue weighted by atomic mass is 10.2. The summed E-state index contributed by atoms with van der Waals surface area (Å²) in [4.78, 5) is 24.3. The summed E-state index contributed by atoms with van der Waals surface area (Å²) in [5, 5.41) is 5.51. The van der Waals surface area contributed by atoms with Crippen molar-refractivity contribution in [2.45, 2.75) is 0 Å². The number of anilines is 2. The Morgan fingerprint density at radius 1 is 0.769 bits per heavy atom. The lowest BCUT2D eigenvalue weighted by Gasteiger charge is -2.12. The highest BCUT2D eigenvalue weighted by Gasteiger charge is 2.16. The number of carbonyl (C=O) groups is 2. The minimum atomic E-state index is -0.811. The monoisotopic (exact) mass is 366 g/mol. The van der Waals surface area contributed by atoms with Crippen molar-refractivity contribution >= 4 is 34.8 Å². The number of carbonyl (C=O) groups excluding carboxylic acids is 2. The minimum Gasteiger partial charge on any atom is -0.455 e. The summed E-state index contributed by atoms with van der Waals surface area (Å²) >= 11 is 5.87. The van der Waals surface area contributed by atoms with Crippen molar-refractivity contribution in [2.24, 2.45) is 0 Å². The summed E-state index contributed by atoms with van der Waals surface area (Å²) in [7, 11) is 0. The second kappa shape index (κ2) is 8.18. The highest BCUT2D eigenvalue weighted by molar-refractivity contribution is 6.44. The molecule has 0 spiro atoms. The van der Waals surface area contributed by atoms with Gasteiger partial charge in [0, 0.05) is 10.7 Å². The third-order valence-corrected chi connectivity index (χ3v) is 3.63. The van der Waals surface area contributed by atoms with Crippen molar-refractivity contribution in [2.75, 3.05) is 10.6 Å². The zero-order valence-corrected chi connectivity index (χ0v) is 14.4. The number of hydrogen-bond donors (Lipinski definition) is 2. The zero-order chi connectivity index (χ0) is 18.4. The Morgan fingerprint density at radius 3 is 2.23 bits per heavy atom. The van der Waals surface area contributed by atoms with Gasteiger partial charge in [0.1, 0.15) is 5.75 Å². The van der Waals surface area contributed by atoms with Gasteiger partial charge in [-0.05, 0) is 42.5 Å². The summed E-state index contributed by atoms with van der Waals surface area (Å²) in [5.41, 5.74) is 0.828. The molecule has 0 unspecified atom stereocenters. The average molecular weight is 367 g/mol. The normalized spacial score (nSPS) is 10.0. The van der Waals surface area contributed by atoms with Crippen molar-refractivity contribution in [3.05, 3.63) is 83.9 Å². The van der Waals surface area contributed by atoms with Gasteiger partial charge in [0.25, 0.3) is 0 Å². The maximum Gasteiger partial charge on any atom is 0.314 e. The number of rotatable bonds is 4. The summed E-state index contributed by atoms with van der Waals surface area (Å²) < 4.78 is 5.76. The SMILES string of the molecule is O=C(Nc1cccc(Cl)c1)C(=O)Nc1ccccc1Oc1ccccc1. The Kier molecular flexibility index (Phi) is 5.51. The fourth-order valence-corrected chi connectivity index (χ4v) is 2.40. The van der Waals surface area contributed by atoms with E-state index in [1.807, 2.05) is 18.2 Å². The van der Waals surface area contributed by atoms with E-state index in [9.17, 15) is 9.59 Å². The molecule has 5 nitrogen and oxygen atoms in total. The Hall–Kier alpha value is -3.31. The number of ether oxygens (including phenoxy) is 1. The predicted octanol–water partition coefficient (Wildman–Crippen LogP) is 4.71. The Bertz CT molecular complexity index is 929. The van der Waals surface area contributed by atoms with E-state index in [2.05, 4.69) is 10.6 Å². The number of amides is 2. The van der Waals surface area contributed by atoms with E-state index in [-0.39, 0.29) is 0 Å². The van der Waals surface area contributed by atoms with Crippen LogP contribution in [0.15, 0.2) is 78.9 Å². The van der Waals surface area contributed by atoms with Crippen LogP contribution in [0.5, 0.6) is 11.5 Å². The lowest BCUT2D eigenvalue weighted by Crippen LogP contribution is -2.29. The molecule has 0 saturated heterocycles. The first-order valence-corrected chi connectivity index (χ1v) is 8.19. The Labute approximate surface area is 155 Å². The standard InChI is InChI=1S/C20H15ClN2O3/c21-14-7-6-8-15(13-14)22-19(24)20(25)23-17-11-4-5-12-18(17)26-16-9-2-1-3-10-16/h1-13H,(H,22,24)(H,23,25). The molecule has 0 atom stereocenters. The molecule has 6 heteroatoms.